The zero-order chi connectivity index (χ0) is 26.4. The number of hydroxylamine groups is 4. The van der Waals surface area contributed by atoms with Gasteiger partial charge in [0.05, 0.1) is 28.4 Å². The third-order valence-corrected chi connectivity index (χ3v) is 7.02. The van der Waals surface area contributed by atoms with E-state index in [9.17, 15) is 19.8 Å². The van der Waals surface area contributed by atoms with E-state index in [0.717, 1.165) is 0 Å². The van der Waals surface area contributed by atoms with Crippen LogP contribution in [0.4, 0.5) is 15.4 Å². The molecule has 35 heavy (non-hydrogen) atoms. The van der Waals surface area contributed by atoms with E-state index in [-0.39, 0.29) is 12.1 Å². The van der Waals surface area contributed by atoms with Crippen LogP contribution in [0.15, 0.2) is 12.3 Å². The molecule has 196 valence electrons. The van der Waals surface area contributed by atoms with Gasteiger partial charge in [0.2, 0.25) is 0 Å². The average Bonchev–Trinajstić information content (AvgIpc) is 2.67. The third kappa shape index (κ3) is 5.58. The molecule has 3 heterocycles. The highest BCUT2D eigenvalue weighted by Gasteiger charge is 2.54. The molecule has 2 aliphatic rings. The van der Waals surface area contributed by atoms with Crippen LogP contribution in [-0.4, -0.2) is 82.3 Å². The van der Waals surface area contributed by atoms with Gasteiger partial charge in [0.15, 0.2) is 5.82 Å². The Morgan fingerprint density at radius 3 is 1.49 bits per heavy atom. The second-order valence-electron chi connectivity index (χ2n) is 12.1. The fraction of sp³-hybridized carbons (Fsp3) is 0.783. The zero-order valence-electron chi connectivity index (χ0n) is 21.8. The van der Waals surface area contributed by atoms with Gasteiger partial charge in [-0.15, -0.1) is 20.3 Å². The van der Waals surface area contributed by atoms with Crippen LogP contribution in [-0.2, 0) is 9.68 Å². The molecular weight excluding hydrogens is 456 g/mol. The summed E-state index contributed by atoms with van der Waals surface area (Å²) >= 11 is 0. The smallest absolute Gasteiger partial charge is 0.448 e. The van der Waals surface area contributed by atoms with E-state index >= 15 is 0 Å². The second kappa shape index (κ2) is 9.05. The summed E-state index contributed by atoms with van der Waals surface area (Å²) in [6.07, 6.45) is 1.38. The molecule has 2 fully saturated rings. The molecule has 0 atom stereocenters. The molecule has 2 N–H and O–H groups in total. The van der Waals surface area contributed by atoms with Gasteiger partial charge in [-0.3, -0.25) is 0 Å². The number of carbonyl (C=O) groups is 2. The van der Waals surface area contributed by atoms with Crippen molar-refractivity contribution >= 4 is 18.1 Å². The molecule has 0 aliphatic carbocycles. The van der Waals surface area contributed by atoms with Crippen LogP contribution in [0.1, 0.15) is 81.1 Å². The second-order valence-corrected chi connectivity index (χ2v) is 12.1. The Bertz CT molecular complexity index is 846. The monoisotopic (exact) mass is 494 g/mol. The maximum Gasteiger partial charge on any atom is 0.525 e. The molecule has 12 nitrogen and oxygen atoms in total. The van der Waals surface area contributed by atoms with Crippen LogP contribution >= 0.6 is 0 Å². The molecule has 0 radical (unpaired) electrons. The maximum absolute atomic E-state index is 11.4. The van der Waals surface area contributed by atoms with E-state index in [1.54, 1.807) is 16.3 Å². The number of aromatic nitrogens is 3. The van der Waals surface area contributed by atoms with Gasteiger partial charge in [0.1, 0.15) is 0 Å². The van der Waals surface area contributed by atoms with Crippen molar-refractivity contribution in [2.75, 3.05) is 4.90 Å². The van der Waals surface area contributed by atoms with Crippen LogP contribution in [0.5, 0.6) is 0 Å². The Labute approximate surface area is 206 Å². The van der Waals surface area contributed by atoms with E-state index < -0.39 is 34.5 Å². The van der Waals surface area contributed by atoms with Gasteiger partial charge in [-0.05, 0) is 86.3 Å². The van der Waals surface area contributed by atoms with E-state index in [4.69, 9.17) is 9.68 Å². The number of nitrogens with zero attached hydrogens (tertiary/aromatic N) is 6. The lowest BCUT2D eigenvalue weighted by molar-refractivity contribution is -0.256. The van der Waals surface area contributed by atoms with E-state index in [1.807, 2.05) is 61.5 Å². The van der Waals surface area contributed by atoms with E-state index in [0.29, 0.717) is 31.5 Å². The first-order valence-electron chi connectivity index (χ1n) is 11.8. The summed E-state index contributed by atoms with van der Waals surface area (Å²) in [5.41, 5.74) is -2.38. The van der Waals surface area contributed by atoms with Crippen molar-refractivity contribution in [1.29, 1.82) is 0 Å². The summed E-state index contributed by atoms with van der Waals surface area (Å²) in [5, 5.41) is 33.9. The largest absolute Gasteiger partial charge is 0.525 e. The maximum atomic E-state index is 11.4. The van der Waals surface area contributed by atoms with Crippen molar-refractivity contribution in [3.63, 3.8) is 0 Å². The lowest BCUT2D eigenvalue weighted by Gasteiger charge is -2.58. The number of rotatable bonds is 5. The molecule has 1 aromatic heterocycles. The Morgan fingerprint density at radius 1 is 0.829 bits per heavy atom. The zero-order valence-corrected chi connectivity index (χ0v) is 21.8. The van der Waals surface area contributed by atoms with Crippen LogP contribution in [0.2, 0.25) is 0 Å². The Morgan fingerprint density at radius 2 is 1.20 bits per heavy atom. The quantitative estimate of drug-likeness (QED) is 0.612. The van der Waals surface area contributed by atoms with Crippen LogP contribution < -0.4 is 4.90 Å². The molecule has 2 aliphatic heterocycles. The summed E-state index contributed by atoms with van der Waals surface area (Å²) in [6.45, 7) is 15.8. The molecule has 0 saturated carbocycles. The van der Waals surface area contributed by atoms with Crippen molar-refractivity contribution in [2.45, 2.75) is 115 Å². The van der Waals surface area contributed by atoms with Crippen molar-refractivity contribution < 1.29 is 29.5 Å². The van der Waals surface area contributed by atoms with Crippen molar-refractivity contribution in [2.24, 2.45) is 0 Å². The SMILES string of the molecule is CC1(C)CC(N(c2ccnnn2)C2CC(C)(C)N(OC(=O)O)C(C)(C)C2)CC(C)(C)N1OC(=O)O. The molecule has 0 amide bonds. The van der Waals surface area contributed by atoms with Crippen molar-refractivity contribution in [1.82, 2.24) is 25.5 Å². The third-order valence-electron chi connectivity index (χ3n) is 7.02. The van der Waals surface area contributed by atoms with Gasteiger partial charge < -0.3 is 24.8 Å². The van der Waals surface area contributed by atoms with Crippen LogP contribution in [0.25, 0.3) is 0 Å². The van der Waals surface area contributed by atoms with Gasteiger partial charge in [-0.1, -0.05) is 0 Å². The summed E-state index contributed by atoms with van der Waals surface area (Å²) in [4.78, 5) is 35.6. The van der Waals surface area contributed by atoms with Crippen molar-refractivity contribution in [3.8, 4) is 0 Å². The first kappa shape index (κ1) is 26.9. The lowest BCUT2D eigenvalue weighted by atomic mass is 9.74. The molecule has 3 rings (SSSR count). The highest BCUT2D eigenvalue weighted by molar-refractivity contribution is 5.57. The molecule has 2 saturated heterocycles. The van der Waals surface area contributed by atoms with Gasteiger partial charge in [-0.25, -0.2) is 9.59 Å². The molecule has 1 aromatic rings. The minimum absolute atomic E-state index is 0.0195. The minimum Gasteiger partial charge on any atom is -0.448 e. The Balaban J connectivity index is 2.02. The molecular formula is C23H38N6O6. The van der Waals surface area contributed by atoms with Gasteiger partial charge in [0, 0.05) is 18.2 Å². The number of piperidine rings is 2. The molecule has 12 heteroatoms. The van der Waals surface area contributed by atoms with E-state index in [1.165, 1.54) is 0 Å². The van der Waals surface area contributed by atoms with Crippen LogP contribution in [0.3, 0.4) is 0 Å². The Hall–Kier alpha value is -2.73. The fourth-order valence-electron chi connectivity index (χ4n) is 6.51. The summed E-state index contributed by atoms with van der Waals surface area (Å²) in [5.74, 6) is 0.674. The topological polar surface area (TPSA) is 141 Å². The number of hydrogen-bond acceptors (Lipinski definition) is 10. The normalized spacial score (nSPS) is 24.5. The molecule has 0 aromatic carbocycles. The van der Waals surface area contributed by atoms with Crippen LogP contribution in [0, 0.1) is 0 Å². The lowest BCUT2D eigenvalue weighted by Crippen LogP contribution is -2.68. The number of anilines is 1. The molecule has 0 bridgehead atoms. The first-order valence-corrected chi connectivity index (χ1v) is 11.8. The summed E-state index contributed by atoms with van der Waals surface area (Å²) in [7, 11) is 0. The van der Waals surface area contributed by atoms with Crippen molar-refractivity contribution in [3.05, 3.63) is 12.3 Å². The van der Waals surface area contributed by atoms with Gasteiger partial charge in [0.25, 0.3) is 0 Å². The van der Waals surface area contributed by atoms with Gasteiger partial charge in [-0.2, -0.15) is 0 Å². The predicted molar refractivity (Wildman–Crippen MR) is 127 cm³/mol. The first-order chi connectivity index (χ1) is 16.0. The standard InChI is InChI=1S/C23H38N6O6/c1-20(2)11-15(12-21(3,4)28(20)34-18(30)31)27(17-9-10-24-26-25-17)16-13-22(5,6)29(35-19(32)33)23(7,8)14-16/h9-10,15-16H,11-14H2,1-8H3,(H,30,31)(H,32,33). The van der Waals surface area contributed by atoms with E-state index in [2.05, 4.69) is 20.3 Å². The fourth-order valence-corrected chi connectivity index (χ4v) is 6.51. The highest BCUT2D eigenvalue weighted by Crippen LogP contribution is 2.46. The van der Waals surface area contributed by atoms with Gasteiger partial charge >= 0.3 is 12.3 Å². The molecule has 0 spiro atoms. The Kier molecular flexibility index (Phi) is 6.95. The minimum atomic E-state index is -1.34. The summed E-state index contributed by atoms with van der Waals surface area (Å²) in [6, 6.07) is 1.79. The highest BCUT2D eigenvalue weighted by atomic mass is 16.8. The number of carboxylic acid groups (broad SMARTS) is 2. The molecule has 0 unspecified atom stereocenters. The predicted octanol–water partition coefficient (Wildman–Crippen LogP) is 3.94. The number of hydrogen-bond donors (Lipinski definition) is 2. The summed E-state index contributed by atoms with van der Waals surface area (Å²) < 4.78 is 0. The average molecular weight is 495 g/mol.